The van der Waals surface area contributed by atoms with Gasteiger partial charge in [0.25, 0.3) is 0 Å². The molecule has 2 aromatic rings. The third-order valence-electron chi connectivity index (χ3n) is 4.76. The van der Waals surface area contributed by atoms with E-state index in [0.29, 0.717) is 61.8 Å². The number of phenols is 1. The minimum Gasteiger partial charge on any atom is -0.507 e. The van der Waals surface area contributed by atoms with Crippen molar-refractivity contribution in [2.45, 2.75) is 12.5 Å². The smallest absolute Gasteiger partial charge is 0.332 e. The van der Waals surface area contributed by atoms with Gasteiger partial charge in [-0.15, -0.1) is 11.8 Å². The fourth-order valence-electron chi connectivity index (χ4n) is 2.95. The van der Waals surface area contributed by atoms with Crippen LogP contribution in [0.3, 0.4) is 0 Å². The monoisotopic (exact) mass is 449 g/mol. The van der Waals surface area contributed by atoms with Crippen LogP contribution >= 0.6 is 11.8 Å². The quantitative estimate of drug-likeness (QED) is 0.477. The molecule has 1 atom stereocenters. The van der Waals surface area contributed by atoms with E-state index in [1.807, 2.05) is 24.3 Å². The molecule has 31 heavy (non-hydrogen) atoms. The molecule has 0 spiro atoms. The number of carbonyl (C=O) groups is 1. The van der Waals surface area contributed by atoms with Crippen molar-refractivity contribution in [2.24, 2.45) is 4.99 Å². The van der Waals surface area contributed by atoms with Crippen molar-refractivity contribution in [3.05, 3.63) is 35.9 Å². The van der Waals surface area contributed by atoms with Gasteiger partial charge in [-0.2, -0.15) is 0 Å². The van der Waals surface area contributed by atoms with Gasteiger partial charge in [-0.05, 0) is 42.0 Å². The Bertz CT molecular complexity index is 949. The number of carboxylic acids is 1. The zero-order valence-electron chi connectivity index (χ0n) is 17.6. The average Bonchev–Trinajstić information content (AvgIpc) is 3.15. The number of phenolic OH excluding ortho intramolecular Hbond substituents is 1. The number of hydrogen-bond acceptors (Lipinski definition) is 8. The number of ether oxygens (including phenoxy) is 4. The molecule has 0 radical (unpaired) electrons. The fraction of sp³-hybridized carbons (Fsp3) is 0.455. The van der Waals surface area contributed by atoms with Crippen LogP contribution in [0.4, 0.5) is 0 Å². The Kier molecular flexibility index (Phi) is 8.14. The van der Waals surface area contributed by atoms with Gasteiger partial charge in [-0.1, -0.05) is 6.07 Å². The Morgan fingerprint density at radius 1 is 1.06 bits per heavy atom. The first-order chi connectivity index (χ1) is 14.9. The van der Waals surface area contributed by atoms with E-state index in [1.165, 1.54) is 11.8 Å². The lowest BCUT2D eigenvalue weighted by Crippen LogP contribution is -2.33. The highest BCUT2D eigenvalue weighted by Crippen LogP contribution is 2.36. The fourth-order valence-corrected chi connectivity index (χ4v) is 4.14. The molecule has 9 heteroatoms. The number of methoxy groups -OCH3 is 1. The highest BCUT2D eigenvalue weighted by molar-refractivity contribution is 8.14. The van der Waals surface area contributed by atoms with Crippen molar-refractivity contribution in [2.75, 3.05) is 52.5 Å². The van der Waals surface area contributed by atoms with Crippen molar-refractivity contribution < 1.29 is 34.0 Å². The van der Waals surface area contributed by atoms with Crippen LogP contribution in [0.2, 0.25) is 0 Å². The number of thioether (sulfide) groups is 1. The van der Waals surface area contributed by atoms with Crippen molar-refractivity contribution >= 4 is 33.5 Å². The molecule has 2 N–H and O–H groups in total. The molecular formula is C22H27NO7S. The second kappa shape index (κ2) is 10.8. The Morgan fingerprint density at radius 2 is 1.77 bits per heavy atom. The third-order valence-corrected chi connectivity index (χ3v) is 6.05. The van der Waals surface area contributed by atoms with E-state index < -0.39 is 11.5 Å². The lowest BCUT2D eigenvalue weighted by atomic mass is 10.0. The molecule has 1 aliphatic heterocycles. The second-order valence-corrected chi connectivity index (χ2v) is 8.19. The Labute approximate surface area is 185 Å². The van der Waals surface area contributed by atoms with Crippen molar-refractivity contribution in [3.63, 3.8) is 0 Å². The van der Waals surface area contributed by atoms with E-state index in [2.05, 4.69) is 4.99 Å². The normalized spacial score (nSPS) is 18.3. The number of rotatable bonds is 12. The number of carboxylic acid groups (broad SMARTS) is 1. The van der Waals surface area contributed by atoms with E-state index in [1.54, 1.807) is 20.1 Å². The SMILES string of the molecule is COCCOCCOCCOc1ccc2cc(C3=NC(C)(C(=O)O)CS3)c(O)cc2c1. The predicted octanol–water partition coefficient (Wildman–Crippen LogP) is 2.94. The van der Waals surface area contributed by atoms with Gasteiger partial charge in [0.1, 0.15) is 23.1 Å². The lowest BCUT2D eigenvalue weighted by Gasteiger charge is -2.12. The largest absolute Gasteiger partial charge is 0.507 e. The Balaban J connectivity index is 1.56. The number of nitrogens with zero attached hydrogens (tertiary/aromatic N) is 1. The van der Waals surface area contributed by atoms with Crippen molar-refractivity contribution in [1.29, 1.82) is 0 Å². The molecule has 1 aliphatic rings. The summed E-state index contributed by atoms with van der Waals surface area (Å²) in [5.41, 5.74) is -0.630. The minimum absolute atomic E-state index is 0.0577. The summed E-state index contributed by atoms with van der Waals surface area (Å²) in [6.45, 7) is 4.53. The maximum atomic E-state index is 11.4. The molecule has 8 nitrogen and oxygen atoms in total. The van der Waals surface area contributed by atoms with Gasteiger partial charge in [-0.25, -0.2) is 4.79 Å². The number of aliphatic imine (C=N–C) groups is 1. The van der Waals surface area contributed by atoms with E-state index in [0.717, 1.165) is 10.8 Å². The summed E-state index contributed by atoms with van der Waals surface area (Å²) in [7, 11) is 1.63. The first-order valence-corrected chi connectivity index (χ1v) is 10.9. The van der Waals surface area contributed by atoms with Crippen molar-refractivity contribution in [1.82, 2.24) is 0 Å². The summed E-state index contributed by atoms with van der Waals surface area (Å²) >= 11 is 1.33. The third kappa shape index (κ3) is 6.10. The van der Waals surface area contributed by atoms with Crippen molar-refractivity contribution in [3.8, 4) is 11.5 Å². The standard InChI is InChI=1S/C22H27NO7S/c1-22(21(25)26)14-31-20(23-22)18-12-15-3-4-17(11-16(15)13-19(18)24)30-10-9-29-8-7-28-6-5-27-2/h3-4,11-13,24H,5-10,14H2,1-2H3,(H,25,26). The highest BCUT2D eigenvalue weighted by Gasteiger charge is 2.39. The first kappa shape index (κ1) is 23.3. The Hall–Kier alpha value is -2.33. The summed E-state index contributed by atoms with van der Waals surface area (Å²) in [5.74, 6) is 0.0937. The van der Waals surface area contributed by atoms with Crippen LogP contribution < -0.4 is 4.74 Å². The van der Waals surface area contributed by atoms with Gasteiger partial charge in [0.05, 0.1) is 33.0 Å². The van der Waals surface area contributed by atoms with Crippen LogP contribution in [-0.2, 0) is 19.0 Å². The van der Waals surface area contributed by atoms with Crippen LogP contribution in [0.5, 0.6) is 11.5 Å². The highest BCUT2D eigenvalue weighted by atomic mass is 32.2. The van der Waals surface area contributed by atoms with Crippen LogP contribution in [0.1, 0.15) is 12.5 Å². The van der Waals surface area contributed by atoms with Crippen LogP contribution in [0, 0.1) is 0 Å². The van der Waals surface area contributed by atoms with Gasteiger partial charge >= 0.3 is 5.97 Å². The van der Waals surface area contributed by atoms with Gasteiger partial charge in [0, 0.05) is 18.4 Å². The maximum absolute atomic E-state index is 11.4. The molecule has 1 unspecified atom stereocenters. The molecule has 0 bridgehead atoms. The van der Waals surface area contributed by atoms with Gasteiger partial charge < -0.3 is 29.2 Å². The number of aromatic hydroxyl groups is 1. The molecule has 0 aliphatic carbocycles. The summed E-state index contributed by atoms with van der Waals surface area (Å²) in [6.07, 6.45) is 0. The summed E-state index contributed by atoms with van der Waals surface area (Å²) < 4.78 is 21.4. The zero-order valence-corrected chi connectivity index (χ0v) is 18.4. The molecular weight excluding hydrogens is 422 g/mol. The van der Waals surface area contributed by atoms with E-state index in [-0.39, 0.29) is 5.75 Å². The molecule has 3 rings (SSSR count). The van der Waals surface area contributed by atoms with Crippen LogP contribution in [0.15, 0.2) is 35.3 Å². The number of hydrogen-bond donors (Lipinski definition) is 2. The van der Waals surface area contributed by atoms with Crippen LogP contribution in [-0.4, -0.2) is 79.3 Å². The van der Waals surface area contributed by atoms with E-state index in [9.17, 15) is 15.0 Å². The average molecular weight is 450 g/mol. The zero-order chi connectivity index (χ0) is 22.3. The molecule has 1 heterocycles. The predicted molar refractivity (Wildman–Crippen MR) is 120 cm³/mol. The topological polar surface area (TPSA) is 107 Å². The molecule has 2 aromatic carbocycles. The number of benzene rings is 2. The second-order valence-electron chi connectivity index (χ2n) is 7.23. The molecule has 0 saturated heterocycles. The first-order valence-electron chi connectivity index (χ1n) is 9.93. The van der Waals surface area contributed by atoms with Gasteiger partial charge in [0.2, 0.25) is 0 Å². The minimum atomic E-state index is -1.17. The van der Waals surface area contributed by atoms with Gasteiger partial charge in [-0.3, -0.25) is 4.99 Å². The molecule has 168 valence electrons. The number of aliphatic carboxylic acids is 1. The maximum Gasteiger partial charge on any atom is 0.332 e. The summed E-state index contributed by atoms with van der Waals surface area (Å²) in [4.78, 5) is 15.7. The molecule has 0 amide bonds. The lowest BCUT2D eigenvalue weighted by molar-refractivity contribution is -0.141. The molecule has 0 aromatic heterocycles. The Morgan fingerprint density at radius 3 is 2.45 bits per heavy atom. The molecule has 0 fully saturated rings. The molecule has 0 saturated carbocycles. The van der Waals surface area contributed by atoms with E-state index >= 15 is 0 Å². The number of fused-ring (bicyclic) bond motifs is 1. The van der Waals surface area contributed by atoms with Gasteiger partial charge in [0.15, 0.2) is 5.54 Å². The van der Waals surface area contributed by atoms with Crippen LogP contribution in [0.25, 0.3) is 10.8 Å². The summed E-state index contributed by atoms with van der Waals surface area (Å²) in [6, 6.07) is 9.06. The van der Waals surface area contributed by atoms with E-state index in [4.69, 9.17) is 18.9 Å². The summed E-state index contributed by atoms with van der Waals surface area (Å²) in [5, 5.41) is 22.1.